The van der Waals surface area contributed by atoms with Crippen LogP contribution >= 0.6 is 0 Å². The normalized spacial score (nSPS) is 6.60. The molecule has 0 bridgehead atoms. The number of hydrogen-bond donors (Lipinski definition) is 2. The van der Waals surface area contributed by atoms with Crippen LogP contribution in [0.3, 0.4) is 0 Å². The van der Waals surface area contributed by atoms with E-state index in [0.29, 0.717) is 0 Å². The van der Waals surface area contributed by atoms with Gasteiger partial charge in [-0.15, -0.1) is 0 Å². The van der Waals surface area contributed by atoms with E-state index >= 15 is 0 Å². The van der Waals surface area contributed by atoms with E-state index in [0.717, 1.165) is 5.59 Å². The van der Waals surface area contributed by atoms with Crippen LogP contribution in [0.15, 0.2) is 0 Å². The maximum Gasteiger partial charge on any atom is 0.184 e. The van der Waals surface area contributed by atoms with Gasteiger partial charge in [0.2, 0.25) is 0 Å². The highest BCUT2D eigenvalue weighted by Gasteiger charge is 1.75. The molecule has 0 aromatic heterocycles. The largest absolute Gasteiger partial charge is 0.239 e. The lowest BCUT2D eigenvalue weighted by atomic mass is 12.6. The summed E-state index contributed by atoms with van der Waals surface area (Å²) in [5, 5.41) is 14.9. The van der Waals surface area contributed by atoms with Crippen LogP contribution < -0.4 is 5.59 Å². The molecule has 0 spiro atoms. The van der Waals surface area contributed by atoms with E-state index in [1.165, 1.54) is 0 Å². The van der Waals surface area contributed by atoms with Crippen LogP contribution in [0.5, 0.6) is 0 Å². The Labute approximate surface area is 27.3 Å². The van der Waals surface area contributed by atoms with Crippen LogP contribution in [0.1, 0.15) is 0 Å². The maximum atomic E-state index is 8.81. The van der Waals surface area contributed by atoms with Crippen LogP contribution in [0.4, 0.5) is 0 Å². The Hall–Kier alpha value is -0.840. The van der Waals surface area contributed by atoms with Gasteiger partial charge in [-0.3, -0.25) is 0 Å². The van der Waals surface area contributed by atoms with E-state index in [1.54, 1.807) is 0 Å². The second kappa shape index (κ2) is 1.48. The summed E-state index contributed by atoms with van der Waals surface area (Å²) in [7, 11) is 0. The molecule has 0 aliphatic rings. The molecule has 30 valence electrons. The molecule has 0 aliphatic heterocycles. The molecule has 0 heterocycles. The first-order valence-corrected chi connectivity index (χ1v) is 0.812. The highest BCUT2D eigenvalue weighted by molar-refractivity contribution is 3.89. The van der Waals surface area contributed by atoms with Gasteiger partial charge in [-0.05, 0) is 5.59 Å². The average molecular weight is 78.0 g/mol. The molecular weight excluding hydrogens is 76.0 g/mol. The van der Waals surface area contributed by atoms with Crippen molar-refractivity contribution in [2.75, 3.05) is 0 Å². The van der Waals surface area contributed by atoms with Gasteiger partial charge >= 0.3 is 0 Å². The lowest BCUT2D eigenvalue weighted by Gasteiger charge is -1.74. The number of hydrazine groups is 1. The van der Waals surface area contributed by atoms with Crippen LogP contribution in [-0.2, 0) is 0 Å². The summed E-state index contributed by atoms with van der Waals surface area (Å²) in [5.74, 6) is 0. The molecule has 0 atom stereocenters. The number of nitro groups is 1. The first-order valence-electron chi connectivity index (χ1n) is 0.812. The standard InChI is InChI=1S/H2N2O3/c3-1-2(4)5/h1,3H. The van der Waals surface area contributed by atoms with Gasteiger partial charge in [-0.25, -0.2) is 15.3 Å². The molecule has 0 saturated heterocycles. The van der Waals surface area contributed by atoms with Gasteiger partial charge in [0.05, 0.1) is 0 Å². The molecule has 0 unspecified atom stereocenters. The minimum absolute atomic E-state index is 0.750. The van der Waals surface area contributed by atoms with Crippen LogP contribution in [-0.4, -0.2) is 10.2 Å². The Bertz CT molecular complexity index is 40.2. The second-order valence-electron chi connectivity index (χ2n) is 0.357. The van der Waals surface area contributed by atoms with E-state index < -0.39 is 5.03 Å². The molecule has 2 N–H and O–H groups in total. The van der Waals surface area contributed by atoms with Crippen molar-refractivity contribution in [3.8, 4) is 0 Å². The Kier molecular flexibility index (Phi) is 1.23. The lowest BCUT2D eigenvalue weighted by molar-refractivity contribution is -0.600. The highest BCUT2D eigenvalue weighted by Crippen LogP contribution is 1.41. The van der Waals surface area contributed by atoms with Crippen molar-refractivity contribution < 1.29 is 10.2 Å². The summed E-state index contributed by atoms with van der Waals surface area (Å²) in [5.41, 5.74) is 0.750. The first kappa shape index (κ1) is 4.16. The monoisotopic (exact) mass is 78.0 g/mol. The van der Waals surface area contributed by atoms with Gasteiger partial charge in [0.1, 0.15) is 0 Å². The molecule has 0 radical (unpaired) electrons. The van der Waals surface area contributed by atoms with Crippen molar-refractivity contribution in [2.24, 2.45) is 0 Å². The van der Waals surface area contributed by atoms with E-state index in [2.05, 4.69) is 0 Å². The zero-order valence-electron chi connectivity index (χ0n) is 2.21. The number of hydrogen-bond acceptors (Lipinski definition) is 3. The van der Waals surface area contributed by atoms with Crippen molar-refractivity contribution in [3.63, 3.8) is 0 Å². The number of nitrogens with one attached hydrogen (secondary N) is 1. The molecule has 0 aromatic rings. The quantitative estimate of drug-likeness (QED) is 0.316. The van der Waals surface area contributed by atoms with Gasteiger partial charge in [0, 0.05) is 0 Å². The first-order chi connectivity index (χ1) is 2.27. The third-order valence-electron chi connectivity index (χ3n) is 0.0816. The van der Waals surface area contributed by atoms with Crippen molar-refractivity contribution in [1.82, 2.24) is 5.59 Å². The number of rotatable bonds is 1. The molecule has 5 nitrogen and oxygen atoms in total. The molecule has 5 heteroatoms. The zero-order chi connectivity index (χ0) is 4.28. The smallest absolute Gasteiger partial charge is 0.184 e. The summed E-state index contributed by atoms with van der Waals surface area (Å²) in [4.78, 5) is 8.81. The molecule has 0 fully saturated rings. The summed E-state index contributed by atoms with van der Waals surface area (Å²) in [6.45, 7) is 0. The van der Waals surface area contributed by atoms with Gasteiger partial charge < -0.3 is 0 Å². The number of nitrogens with zero attached hydrogens (tertiary/aromatic N) is 1. The molecule has 0 amide bonds. The van der Waals surface area contributed by atoms with Gasteiger partial charge in [0.25, 0.3) is 0 Å². The highest BCUT2D eigenvalue weighted by atomic mass is 16.7. The molecule has 0 rings (SSSR count). The minimum Gasteiger partial charge on any atom is -0.239 e. The minimum atomic E-state index is -1.07. The predicted molar refractivity (Wildman–Crippen MR) is 11.9 cm³/mol. The van der Waals surface area contributed by atoms with Crippen molar-refractivity contribution in [2.45, 2.75) is 0 Å². The van der Waals surface area contributed by atoms with E-state index in [1.807, 2.05) is 0 Å². The Balaban J connectivity index is 2.85. The Morgan fingerprint density at radius 1 is 2.00 bits per heavy atom. The van der Waals surface area contributed by atoms with Crippen molar-refractivity contribution in [3.05, 3.63) is 10.1 Å². The summed E-state index contributed by atoms with van der Waals surface area (Å²) in [6, 6.07) is 0. The van der Waals surface area contributed by atoms with Gasteiger partial charge in [-0.1, -0.05) is 0 Å². The molecule has 0 saturated carbocycles. The summed E-state index contributed by atoms with van der Waals surface area (Å²) >= 11 is 0. The Morgan fingerprint density at radius 3 is 2.20 bits per heavy atom. The van der Waals surface area contributed by atoms with Gasteiger partial charge in [-0.2, -0.15) is 0 Å². The van der Waals surface area contributed by atoms with E-state index in [9.17, 15) is 0 Å². The summed E-state index contributed by atoms with van der Waals surface area (Å²) in [6.07, 6.45) is 0. The van der Waals surface area contributed by atoms with Gasteiger partial charge in [0.15, 0.2) is 5.03 Å². The fourth-order valence-corrected chi connectivity index (χ4v) is 0. The SMILES string of the molecule is O=[N+]([O-])NO. The molecule has 5 heavy (non-hydrogen) atoms. The molecular formula is H2N2O3. The molecule has 0 aliphatic carbocycles. The van der Waals surface area contributed by atoms with E-state index in [4.69, 9.17) is 15.3 Å². The fraction of sp³-hybridized carbons (Fsp3) is 0. The van der Waals surface area contributed by atoms with Crippen LogP contribution in [0, 0.1) is 10.1 Å². The predicted octanol–water partition coefficient (Wildman–Crippen LogP) is -0.843. The lowest BCUT2D eigenvalue weighted by Crippen LogP contribution is -2.14. The average Bonchev–Trinajstić information content (AvgIpc) is 1.38. The van der Waals surface area contributed by atoms with Crippen molar-refractivity contribution >= 4 is 0 Å². The topological polar surface area (TPSA) is 75.4 Å². The maximum absolute atomic E-state index is 8.81. The van der Waals surface area contributed by atoms with Crippen LogP contribution in [0.2, 0.25) is 0 Å². The third-order valence-corrected chi connectivity index (χ3v) is 0.0816. The molecule has 0 aromatic carbocycles. The second-order valence-corrected chi connectivity index (χ2v) is 0.357. The summed E-state index contributed by atoms with van der Waals surface area (Å²) < 4.78 is 0. The Morgan fingerprint density at radius 2 is 2.20 bits per heavy atom. The fourth-order valence-electron chi connectivity index (χ4n) is 0. The van der Waals surface area contributed by atoms with Crippen molar-refractivity contribution in [1.29, 1.82) is 0 Å². The van der Waals surface area contributed by atoms with Crippen LogP contribution in [0.25, 0.3) is 0 Å². The third kappa shape index (κ3) is 3.16. The van der Waals surface area contributed by atoms with E-state index in [-0.39, 0.29) is 0 Å². The zero-order valence-corrected chi connectivity index (χ0v) is 2.21.